The number of carbonyl (C=O) groups excluding carboxylic acids is 1. The maximum absolute atomic E-state index is 12.5. The number of rotatable bonds is 7. The highest BCUT2D eigenvalue weighted by molar-refractivity contribution is 5.83. The molecule has 0 aliphatic heterocycles. The van der Waals surface area contributed by atoms with Gasteiger partial charge in [-0.25, -0.2) is 4.68 Å². The Morgan fingerprint density at radius 1 is 1.25 bits per heavy atom. The molecule has 0 radical (unpaired) electrons. The van der Waals surface area contributed by atoms with Crippen LogP contribution in [0.1, 0.15) is 32.4 Å². The number of hydrogen-bond acceptors (Lipinski definition) is 4. The molecule has 0 atom stereocenters. The first kappa shape index (κ1) is 18.1. The highest BCUT2D eigenvalue weighted by atomic mass is 16.3. The second kappa shape index (κ2) is 7.57. The Balaban J connectivity index is 2.17. The molecule has 130 valence electrons. The van der Waals surface area contributed by atoms with Crippen molar-refractivity contribution in [1.29, 1.82) is 0 Å². The van der Waals surface area contributed by atoms with E-state index in [0.29, 0.717) is 17.6 Å². The molecule has 1 aromatic heterocycles. The van der Waals surface area contributed by atoms with Gasteiger partial charge in [-0.05, 0) is 25.8 Å². The maximum Gasteiger partial charge on any atom is 0.275 e. The van der Waals surface area contributed by atoms with Crippen LogP contribution in [0.2, 0.25) is 0 Å². The van der Waals surface area contributed by atoms with Gasteiger partial charge in [0.05, 0.1) is 17.7 Å². The first-order valence-corrected chi connectivity index (χ1v) is 8.30. The number of aliphatic hydroxyl groups is 1. The first-order valence-electron chi connectivity index (χ1n) is 8.30. The standard InChI is InChI=1S/C18H25N3O3/c1-4-18(5-2,12-22)11-19-16(23)10-21-17(24)15-9-7-6-8-14(15)13(3)20-21/h6-9,22H,4-5,10-12H2,1-3H3,(H,19,23). The zero-order valence-electron chi connectivity index (χ0n) is 14.5. The van der Waals surface area contributed by atoms with Crippen molar-refractivity contribution in [2.75, 3.05) is 13.2 Å². The molecule has 24 heavy (non-hydrogen) atoms. The van der Waals surface area contributed by atoms with Gasteiger partial charge in [0.15, 0.2) is 0 Å². The van der Waals surface area contributed by atoms with E-state index in [4.69, 9.17) is 0 Å². The summed E-state index contributed by atoms with van der Waals surface area (Å²) < 4.78 is 1.20. The summed E-state index contributed by atoms with van der Waals surface area (Å²) in [6.45, 7) is 6.08. The zero-order chi connectivity index (χ0) is 17.7. The molecular formula is C18H25N3O3. The molecule has 0 aliphatic rings. The van der Waals surface area contributed by atoms with Crippen molar-refractivity contribution in [2.45, 2.75) is 40.2 Å². The molecule has 1 heterocycles. The SMILES string of the molecule is CCC(CC)(CO)CNC(=O)Cn1nc(C)c2ccccc2c1=O. The minimum absolute atomic E-state index is 0.0214. The molecule has 0 bridgehead atoms. The summed E-state index contributed by atoms with van der Waals surface area (Å²) in [5.74, 6) is -0.279. The molecule has 2 aromatic rings. The molecule has 2 N–H and O–H groups in total. The number of amides is 1. The van der Waals surface area contributed by atoms with Gasteiger partial charge in [-0.15, -0.1) is 0 Å². The van der Waals surface area contributed by atoms with Crippen LogP contribution in [0.3, 0.4) is 0 Å². The van der Waals surface area contributed by atoms with E-state index in [1.54, 1.807) is 12.1 Å². The molecule has 1 aromatic carbocycles. The lowest BCUT2D eigenvalue weighted by Gasteiger charge is -2.29. The summed E-state index contributed by atoms with van der Waals surface area (Å²) >= 11 is 0. The van der Waals surface area contributed by atoms with Gasteiger partial charge in [-0.3, -0.25) is 9.59 Å². The van der Waals surface area contributed by atoms with E-state index in [0.717, 1.165) is 18.2 Å². The molecule has 1 amide bonds. The third kappa shape index (κ3) is 3.64. The van der Waals surface area contributed by atoms with Crippen LogP contribution in [-0.4, -0.2) is 33.9 Å². The van der Waals surface area contributed by atoms with E-state index in [1.807, 2.05) is 32.9 Å². The predicted octanol–water partition coefficient (Wildman–Crippen LogP) is 1.62. The van der Waals surface area contributed by atoms with Gasteiger partial charge in [0.25, 0.3) is 5.56 Å². The van der Waals surface area contributed by atoms with Crippen LogP contribution < -0.4 is 10.9 Å². The zero-order valence-corrected chi connectivity index (χ0v) is 14.5. The van der Waals surface area contributed by atoms with Crippen molar-refractivity contribution in [3.05, 3.63) is 40.3 Å². The molecule has 0 spiro atoms. The summed E-state index contributed by atoms with van der Waals surface area (Å²) in [5, 5.41) is 18.0. The lowest BCUT2D eigenvalue weighted by atomic mass is 9.83. The van der Waals surface area contributed by atoms with Crippen molar-refractivity contribution in [3.63, 3.8) is 0 Å². The van der Waals surface area contributed by atoms with E-state index in [9.17, 15) is 14.7 Å². The third-order valence-corrected chi connectivity index (χ3v) is 4.84. The average molecular weight is 331 g/mol. The topological polar surface area (TPSA) is 84.2 Å². The van der Waals surface area contributed by atoms with E-state index in [-0.39, 0.29) is 30.0 Å². The molecule has 0 unspecified atom stereocenters. The highest BCUT2D eigenvalue weighted by Gasteiger charge is 2.25. The summed E-state index contributed by atoms with van der Waals surface area (Å²) in [7, 11) is 0. The van der Waals surface area contributed by atoms with Gasteiger partial charge in [-0.2, -0.15) is 5.10 Å². The third-order valence-electron chi connectivity index (χ3n) is 4.84. The number of aliphatic hydroxyl groups excluding tert-OH is 1. The summed E-state index contributed by atoms with van der Waals surface area (Å²) in [5.41, 5.74) is 0.128. The van der Waals surface area contributed by atoms with E-state index in [2.05, 4.69) is 10.4 Å². The van der Waals surface area contributed by atoms with Gasteiger partial charge in [0.1, 0.15) is 6.54 Å². The first-order chi connectivity index (χ1) is 11.5. The Labute approximate surface area is 141 Å². The van der Waals surface area contributed by atoms with Gasteiger partial charge in [0.2, 0.25) is 5.91 Å². The van der Waals surface area contributed by atoms with Crippen LogP contribution in [0.4, 0.5) is 0 Å². The maximum atomic E-state index is 12.5. The van der Waals surface area contributed by atoms with Crippen LogP contribution in [-0.2, 0) is 11.3 Å². The highest BCUT2D eigenvalue weighted by Crippen LogP contribution is 2.24. The normalized spacial score (nSPS) is 11.7. The van der Waals surface area contributed by atoms with Crippen LogP contribution in [0, 0.1) is 12.3 Å². The van der Waals surface area contributed by atoms with Crippen LogP contribution >= 0.6 is 0 Å². The Hall–Kier alpha value is -2.21. The van der Waals surface area contributed by atoms with E-state index < -0.39 is 0 Å². The number of nitrogens with zero attached hydrogens (tertiary/aromatic N) is 2. The molecule has 6 heteroatoms. The number of fused-ring (bicyclic) bond motifs is 1. The molecule has 0 fully saturated rings. The Kier molecular flexibility index (Phi) is 5.72. The molecule has 0 saturated carbocycles. The average Bonchev–Trinajstić information content (AvgIpc) is 2.61. The largest absolute Gasteiger partial charge is 0.396 e. The van der Waals surface area contributed by atoms with Gasteiger partial charge in [-0.1, -0.05) is 32.0 Å². The fourth-order valence-corrected chi connectivity index (χ4v) is 2.77. The molecule has 6 nitrogen and oxygen atoms in total. The van der Waals surface area contributed by atoms with Crippen LogP contribution in [0.25, 0.3) is 10.8 Å². The Morgan fingerprint density at radius 3 is 2.46 bits per heavy atom. The number of carbonyl (C=O) groups is 1. The van der Waals surface area contributed by atoms with Gasteiger partial charge in [0, 0.05) is 17.3 Å². The lowest BCUT2D eigenvalue weighted by molar-refractivity contribution is -0.122. The minimum atomic E-state index is -0.312. The van der Waals surface area contributed by atoms with E-state index >= 15 is 0 Å². The van der Waals surface area contributed by atoms with Crippen LogP contribution in [0.15, 0.2) is 29.1 Å². The minimum Gasteiger partial charge on any atom is -0.396 e. The monoisotopic (exact) mass is 331 g/mol. The van der Waals surface area contributed by atoms with Gasteiger partial charge < -0.3 is 10.4 Å². The number of benzene rings is 1. The van der Waals surface area contributed by atoms with Crippen molar-refractivity contribution in [3.8, 4) is 0 Å². The number of aromatic nitrogens is 2. The quantitative estimate of drug-likeness (QED) is 0.807. The Morgan fingerprint density at radius 2 is 1.88 bits per heavy atom. The van der Waals surface area contributed by atoms with Crippen molar-refractivity contribution in [2.24, 2.45) is 5.41 Å². The molecular weight excluding hydrogens is 306 g/mol. The Bertz CT molecular complexity index is 770. The molecule has 0 aliphatic carbocycles. The summed E-state index contributed by atoms with van der Waals surface area (Å²) in [6, 6.07) is 7.25. The van der Waals surface area contributed by atoms with Crippen molar-refractivity contribution in [1.82, 2.24) is 15.1 Å². The smallest absolute Gasteiger partial charge is 0.275 e. The summed E-state index contributed by atoms with van der Waals surface area (Å²) in [6.07, 6.45) is 1.54. The molecule has 2 rings (SSSR count). The fourth-order valence-electron chi connectivity index (χ4n) is 2.77. The van der Waals surface area contributed by atoms with Crippen molar-refractivity contribution >= 4 is 16.7 Å². The fraction of sp³-hybridized carbons (Fsp3) is 0.500. The number of nitrogens with one attached hydrogen (secondary N) is 1. The van der Waals surface area contributed by atoms with E-state index in [1.165, 1.54) is 4.68 Å². The second-order valence-corrected chi connectivity index (χ2v) is 6.24. The lowest BCUT2D eigenvalue weighted by Crippen LogP contribution is -2.42. The summed E-state index contributed by atoms with van der Waals surface area (Å²) in [4.78, 5) is 24.7. The van der Waals surface area contributed by atoms with Gasteiger partial charge >= 0.3 is 0 Å². The van der Waals surface area contributed by atoms with Crippen molar-refractivity contribution < 1.29 is 9.90 Å². The number of aryl methyl sites for hydroxylation is 1. The number of hydrogen-bond donors (Lipinski definition) is 2. The second-order valence-electron chi connectivity index (χ2n) is 6.24. The predicted molar refractivity (Wildman–Crippen MR) is 93.9 cm³/mol. The molecule has 0 saturated heterocycles. The van der Waals surface area contributed by atoms with Crippen LogP contribution in [0.5, 0.6) is 0 Å².